The molecular formula is C22H19ClN4O3S. The van der Waals surface area contributed by atoms with Gasteiger partial charge in [0.25, 0.3) is 15.9 Å². The van der Waals surface area contributed by atoms with E-state index in [4.69, 9.17) is 16.3 Å². The van der Waals surface area contributed by atoms with E-state index in [1.54, 1.807) is 36.7 Å². The van der Waals surface area contributed by atoms with Crippen LogP contribution in [-0.4, -0.2) is 23.4 Å². The van der Waals surface area contributed by atoms with Gasteiger partial charge in [-0.2, -0.15) is 0 Å². The minimum Gasteiger partial charge on any atom is -0.467 e. The second-order valence-corrected chi connectivity index (χ2v) is 8.96. The number of aromatic nitrogens is 3. The van der Waals surface area contributed by atoms with Gasteiger partial charge in [-0.1, -0.05) is 41.9 Å². The van der Waals surface area contributed by atoms with Gasteiger partial charge in [0.05, 0.1) is 16.1 Å². The molecular weight excluding hydrogens is 436 g/mol. The summed E-state index contributed by atoms with van der Waals surface area (Å²) in [6.45, 7) is 3.70. The number of pyridine rings is 1. The van der Waals surface area contributed by atoms with Crippen LogP contribution in [0.3, 0.4) is 0 Å². The number of nitrogens with zero attached hydrogens (tertiary/aromatic N) is 3. The number of nitrogens with one attached hydrogen (secondary N) is 1. The summed E-state index contributed by atoms with van der Waals surface area (Å²) < 4.78 is 34.6. The number of ether oxygens (including phenoxy) is 1. The highest BCUT2D eigenvalue weighted by Gasteiger charge is 2.23. The first-order valence-corrected chi connectivity index (χ1v) is 11.3. The third-order valence-corrected chi connectivity index (χ3v) is 6.50. The summed E-state index contributed by atoms with van der Waals surface area (Å²) in [6.07, 6.45) is 2.91. The Balaban J connectivity index is 1.79. The van der Waals surface area contributed by atoms with Crippen molar-refractivity contribution in [2.24, 2.45) is 0 Å². The van der Waals surface area contributed by atoms with Crippen molar-refractivity contribution in [2.75, 3.05) is 4.72 Å². The third-order valence-electron chi connectivity index (χ3n) is 4.66. The molecule has 1 N–H and O–H groups in total. The third kappa shape index (κ3) is 4.45. The van der Waals surface area contributed by atoms with Gasteiger partial charge in [0.15, 0.2) is 0 Å². The monoisotopic (exact) mass is 454 g/mol. The zero-order chi connectivity index (χ0) is 22.0. The van der Waals surface area contributed by atoms with Crippen LogP contribution in [0.4, 0.5) is 5.82 Å². The Morgan fingerprint density at radius 3 is 2.58 bits per heavy atom. The first-order chi connectivity index (χ1) is 14.8. The van der Waals surface area contributed by atoms with Crippen molar-refractivity contribution in [1.82, 2.24) is 15.0 Å². The van der Waals surface area contributed by atoms with Crippen molar-refractivity contribution >= 4 is 38.5 Å². The molecule has 0 bridgehead atoms. The topological polar surface area (TPSA) is 94.1 Å². The minimum atomic E-state index is -4.03. The summed E-state index contributed by atoms with van der Waals surface area (Å²) in [6, 6.07) is 15.4. The summed E-state index contributed by atoms with van der Waals surface area (Å²) >= 11 is 6.11. The number of fused-ring (bicyclic) bond motifs is 1. The maximum absolute atomic E-state index is 13.0. The zero-order valence-corrected chi connectivity index (χ0v) is 18.4. The van der Waals surface area contributed by atoms with Gasteiger partial charge >= 0.3 is 0 Å². The van der Waals surface area contributed by atoms with Gasteiger partial charge in [0.2, 0.25) is 5.82 Å². The Morgan fingerprint density at radius 1 is 1.03 bits per heavy atom. The predicted octanol–water partition coefficient (Wildman–Crippen LogP) is 4.93. The van der Waals surface area contributed by atoms with Crippen LogP contribution in [0.1, 0.15) is 24.2 Å². The van der Waals surface area contributed by atoms with Crippen LogP contribution >= 0.6 is 11.6 Å². The van der Waals surface area contributed by atoms with Crippen LogP contribution < -0.4 is 9.46 Å². The quantitative estimate of drug-likeness (QED) is 0.444. The van der Waals surface area contributed by atoms with Crippen molar-refractivity contribution in [2.45, 2.75) is 24.8 Å². The van der Waals surface area contributed by atoms with Crippen molar-refractivity contribution in [1.29, 1.82) is 0 Å². The highest BCUT2D eigenvalue weighted by molar-refractivity contribution is 7.92. The summed E-state index contributed by atoms with van der Waals surface area (Å²) in [7, 11) is -4.03. The molecule has 0 fully saturated rings. The fourth-order valence-electron chi connectivity index (χ4n) is 3.05. The molecule has 2 aromatic carbocycles. The number of benzene rings is 2. The van der Waals surface area contributed by atoms with E-state index in [-0.39, 0.29) is 21.6 Å². The van der Waals surface area contributed by atoms with E-state index in [0.29, 0.717) is 11.0 Å². The second-order valence-electron chi connectivity index (χ2n) is 6.90. The Morgan fingerprint density at radius 2 is 1.84 bits per heavy atom. The number of rotatable bonds is 6. The van der Waals surface area contributed by atoms with Crippen LogP contribution in [-0.2, 0) is 10.0 Å². The normalized spacial score (nSPS) is 12.5. The molecule has 4 rings (SSSR count). The maximum Gasteiger partial charge on any atom is 0.264 e. The lowest BCUT2D eigenvalue weighted by molar-refractivity contribution is 0.218. The van der Waals surface area contributed by atoms with Gasteiger partial charge in [0.1, 0.15) is 11.0 Å². The molecule has 1 atom stereocenters. The van der Waals surface area contributed by atoms with Crippen LogP contribution in [0, 0.1) is 6.92 Å². The number of hydrogen-bond donors (Lipinski definition) is 1. The fraction of sp³-hybridized carbons (Fsp3) is 0.136. The van der Waals surface area contributed by atoms with Gasteiger partial charge in [-0.15, -0.1) is 0 Å². The molecule has 0 saturated heterocycles. The number of aryl methyl sites for hydroxylation is 1. The molecule has 0 spiro atoms. The van der Waals surface area contributed by atoms with Gasteiger partial charge in [-0.05, 0) is 43.7 Å². The molecule has 158 valence electrons. The van der Waals surface area contributed by atoms with Gasteiger partial charge in [0, 0.05) is 18.0 Å². The maximum atomic E-state index is 13.0. The first-order valence-electron chi connectivity index (χ1n) is 9.46. The molecule has 0 amide bonds. The Hall–Kier alpha value is -3.23. The first kappa shape index (κ1) is 21.0. The van der Waals surface area contributed by atoms with Crippen molar-refractivity contribution in [3.8, 4) is 5.88 Å². The molecule has 4 aromatic rings. The molecule has 0 aliphatic rings. The molecule has 0 aliphatic heterocycles. The molecule has 2 heterocycles. The highest BCUT2D eigenvalue weighted by Crippen LogP contribution is 2.31. The highest BCUT2D eigenvalue weighted by atomic mass is 35.5. The number of para-hydroxylation sites is 1. The molecule has 0 saturated carbocycles. The Labute approximate surface area is 185 Å². The summed E-state index contributed by atoms with van der Waals surface area (Å²) in [4.78, 5) is 13.1. The van der Waals surface area contributed by atoms with Crippen LogP contribution in [0.5, 0.6) is 5.88 Å². The van der Waals surface area contributed by atoms with Crippen LogP contribution in [0.15, 0.2) is 71.9 Å². The fourth-order valence-corrected chi connectivity index (χ4v) is 4.57. The van der Waals surface area contributed by atoms with Crippen LogP contribution in [0.25, 0.3) is 11.0 Å². The summed E-state index contributed by atoms with van der Waals surface area (Å²) in [5.41, 5.74) is 2.83. The lowest BCUT2D eigenvalue weighted by atomic mass is 10.2. The molecule has 0 aliphatic carbocycles. The molecule has 2 aromatic heterocycles. The molecule has 1 unspecified atom stereocenters. The average Bonchev–Trinajstić information content (AvgIpc) is 2.75. The van der Waals surface area contributed by atoms with Crippen LogP contribution in [0.2, 0.25) is 5.02 Å². The van der Waals surface area contributed by atoms with Gasteiger partial charge in [-0.25, -0.2) is 18.4 Å². The summed E-state index contributed by atoms with van der Waals surface area (Å²) in [5.74, 6) is 0.0440. The Bertz CT molecular complexity index is 1350. The zero-order valence-electron chi connectivity index (χ0n) is 16.8. The molecule has 7 nitrogen and oxygen atoms in total. The van der Waals surface area contributed by atoms with Crippen molar-refractivity contribution in [3.05, 3.63) is 83.1 Å². The van der Waals surface area contributed by atoms with E-state index in [1.807, 2.05) is 32.0 Å². The lowest BCUT2D eigenvalue weighted by Gasteiger charge is -2.18. The SMILES string of the molecule is Cc1cccc2nc(OC(C)c3cccnc3)c(NS(=O)(=O)c3ccccc3Cl)nc12. The van der Waals surface area contributed by atoms with E-state index in [2.05, 4.69) is 19.7 Å². The standard InChI is InChI=1S/C22H19ClN4O3S/c1-14-7-5-10-18-20(14)26-21(27-31(28,29)19-11-4-3-9-17(19)23)22(25-18)30-15(2)16-8-6-12-24-13-16/h3-13,15H,1-2H3,(H,26,27). The lowest BCUT2D eigenvalue weighted by Crippen LogP contribution is -2.17. The van der Waals surface area contributed by atoms with E-state index in [9.17, 15) is 8.42 Å². The van der Waals surface area contributed by atoms with E-state index in [1.165, 1.54) is 12.1 Å². The largest absolute Gasteiger partial charge is 0.467 e. The number of anilines is 1. The smallest absolute Gasteiger partial charge is 0.264 e. The summed E-state index contributed by atoms with van der Waals surface area (Å²) in [5, 5.41) is 0.103. The number of sulfonamides is 1. The number of hydrogen-bond acceptors (Lipinski definition) is 6. The van der Waals surface area contributed by atoms with E-state index in [0.717, 1.165) is 11.1 Å². The van der Waals surface area contributed by atoms with E-state index < -0.39 is 16.1 Å². The van der Waals surface area contributed by atoms with Crippen molar-refractivity contribution < 1.29 is 13.2 Å². The molecule has 31 heavy (non-hydrogen) atoms. The molecule has 9 heteroatoms. The minimum absolute atomic E-state index is 0.0162. The van der Waals surface area contributed by atoms with E-state index >= 15 is 0 Å². The predicted molar refractivity (Wildman–Crippen MR) is 120 cm³/mol. The Kier molecular flexibility index (Phi) is 5.75. The second kappa shape index (κ2) is 8.49. The van der Waals surface area contributed by atoms with Gasteiger partial charge < -0.3 is 4.74 Å². The van der Waals surface area contributed by atoms with Gasteiger partial charge in [-0.3, -0.25) is 9.71 Å². The van der Waals surface area contributed by atoms with Crippen molar-refractivity contribution in [3.63, 3.8) is 0 Å². The average molecular weight is 455 g/mol. The number of halogens is 1. The molecule has 0 radical (unpaired) electrons.